The number of aryl methyl sites for hydroxylation is 1. The molecule has 1 heterocycles. The Bertz CT molecular complexity index is 1430. The third kappa shape index (κ3) is 5.80. The van der Waals surface area contributed by atoms with Crippen LogP contribution in [0.15, 0.2) is 64.2 Å². The molecule has 0 atom stereocenters. The molecule has 1 amide bonds. The number of rotatable bonds is 9. The Hall–Kier alpha value is -3.86. The maximum absolute atomic E-state index is 13.5. The molecule has 3 N–H and O–H groups in total. The Morgan fingerprint density at radius 2 is 1.69 bits per heavy atom. The minimum atomic E-state index is -3.83. The summed E-state index contributed by atoms with van der Waals surface area (Å²) in [6.45, 7) is 3.19. The minimum Gasteiger partial charge on any atom is -0.383 e. The molecule has 10 nitrogen and oxygen atoms in total. The zero-order valence-corrected chi connectivity index (χ0v) is 20.7. The Kier molecular flexibility index (Phi) is 7.80. The monoisotopic (exact) mass is 499 g/mol. The lowest BCUT2D eigenvalue weighted by Crippen LogP contribution is -2.47. The van der Waals surface area contributed by atoms with Gasteiger partial charge in [0.2, 0.25) is 15.9 Å². The molecule has 35 heavy (non-hydrogen) atoms. The number of amides is 1. The summed E-state index contributed by atoms with van der Waals surface area (Å²) < 4.78 is 27.4. The average Bonchev–Trinajstić information content (AvgIpc) is 2.80. The summed E-state index contributed by atoms with van der Waals surface area (Å²) in [4.78, 5) is 42.2. The van der Waals surface area contributed by atoms with Crippen LogP contribution in [0.3, 0.4) is 0 Å². The number of aromatic amines is 1. The number of sulfonamides is 1. The van der Waals surface area contributed by atoms with Crippen LogP contribution in [-0.2, 0) is 21.4 Å². The second-order valence-electron chi connectivity index (χ2n) is 8.17. The van der Waals surface area contributed by atoms with Crippen LogP contribution >= 0.6 is 0 Å². The number of aromatic nitrogens is 2. The summed E-state index contributed by atoms with van der Waals surface area (Å²) in [7, 11) is -3.83. The van der Waals surface area contributed by atoms with Crippen molar-refractivity contribution in [2.24, 2.45) is 0 Å². The van der Waals surface area contributed by atoms with E-state index in [0.717, 1.165) is 21.0 Å². The summed E-state index contributed by atoms with van der Waals surface area (Å²) in [6.07, 6.45) is 1.48. The van der Waals surface area contributed by atoms with Crippen molar-refractivity contribution < 1.29 is 13.2 Å². The molecule has 0 unspecified atom stereocenters. The van der Waals surface area contributed by atoms with E-state index in [-0.39, 0.29) is 24.6 Å². The highest BCUT2D eigenvalue weighted by Crippen LogP contribution is 2.24. The summed E-state index contributed by atoms with van der Waals surface area (Å²) in [5.41, 5.74) is 6.35. The number of carbonyl (C=O) groups excluding carboxylic acids is 1. The van der Waals surface area contributed by atoms with Crippen molar-refractivity contribution in [3.05, 3.63) is 86.6 Å². The summed E-state index contributed by atoms with van der Waals surface area (Å²) in [6, 6.07) is 15.8. The molecule has 3 rings (SSSR count). The highest BCUT2D eigenvalue weighted by Gasteiger charge is 2.29. The van der Waals surface area contributed by atoms with Crippen molar-refractivity contribution >= 4 is 33.1 Å². The zero-order valence-electron chi connectivity index (χ0n) is 19.9. The molecule has 2 aromatic carbocycles. The highest BCUT2D eigenvalue weighted by atomic mass is 32.2. The third-order valence-corrected chi connectivity index (χ3v) is 6.61. The largest absolute Gasteiger partial charge is 0.383 e. The molecule has 11 heteroatoms. The van der Waals surface area contributed by atoms with E-state index in [1.165, 1.54) is 4.57 Å². The lowest BCUT2D eigenvalue weighted by molar-refractivity contribution is -0.117. The van der Waals surface area contributed by atoms with Gasteiger partial charge in [-0.1, -0.05) is 55.5 Å². The van der Waals surface area contributed by atoms with Crippen LogP contribution in [0, 0.1) is 6.92 Å². The van der Waals surface area contributed by atoms with Crippen molar-refractivity contribution in [3.8, 4) is 0 Å². The molecule has 186 valence electrons. The Morgan fingerprint density at radius 1 is 1.06 bits per heavy atom. The Morgan fingerprint density at radius 3 is 2.29 bits per heavy atom. The van der Waals surface area contributed by atoms with Gasteiger partial charge in [0.15, 0.2) is 5.69 Å². The summed E-state index contributed by atoms with van der Waals surface area (Å²) >= 11 is 0. The van der Waals surface area contributed by atoms with E-state index in [1.807, 2.05) is 6.07 Å². The van der Waals surface area contributed by atoms with E-state index in [1.54, 1.807) is 62.4 Å². The predicted molar refractivity (Wildman–Crippen MR) is 137 cm³/mol. The highest BCUT2D eigenvalue weighted by molar-refractivity contribution is 7.92. The van der Waals surface area contributed by atoms with E-state index in [0.29, 0.717) is 17.7 Å². The molecule has 0 radical (unpaired) electrons. The number of anilines is 3. The number of hydrogen-bond donors (Lipinski definition) is 2. The molecule has 0 spiro atoms. The van der Waals surface area contributed by atoms with Gasteiger partial charge in [0.1, 0.15) is 12.4 Å². The van der Waals surface area contributed by atoms with Crippen LogP contribution < -0.4 is 26.2 Å². The van der Waals surface area contributed by atoms with Crippen LogP contribution in [0.5, 0.6) is 0 Å². The summed E-state index contributed by atoms with van der Waals surface area (Å²) in [5, 5.41) is 0. The minimum absolute atomic E-state index is 0.0854. The van der Waals surface area contributed by atoms with E-state index in [4.69, 9.17) is 5.73 Å². The Balaban J connectivity index is 2.06. The molecule has 0 saturated carbocycles. The molecule has 0 fully saturated rings. The standard InChI is InChI=1S/C24H29N5O5S/c1-4-14-27(20(30)16-29(35(3,33)34)19-13-9-8-10-17(19)2)21-22(25)28(24(32)26-23(21)31)15-18-11-6-5-7-12-18/h5-13H,4,14-16,25H2,1-3H3,(H,26,31,32). The number of nitrogens with two attached hydrogens (primary N) is 1. The lowest BCUT2D eigenvalue weighted by Gasteiger charge is -2.28. The first kappa shape index (κ1) is 25.8. The van der Waals surface area contributed by atoms with Crippen molar-refractivity contribution in [2.75, 3.05) is 34.3 Å². The molecule has 0 aliphatic heterocycles. The third-order valence-electron chi connectivity index (χ3n) is 5.48. The van der Waals surface area contributed by atoms with Crippen LogP contribution in [0.4, 0.5) is 17.2 Å². The molecule has 0 aliphatic rings. The van der Waals surface area contributed by atoms with E-state index < -0.39 is 33.7 Å². The van der Waals surface area contributed by atoms with Gasteiger partial charge in [-0.25, -0.2) is 13.2 Å². The quantitative estimate of drug-likeness (QED) is 0.459. The average molecular weight is 500 g/mol. The molecule has 1 aromatic heterocycles. The fraction of sp³-hybridized carbons (Fsp3) is 0.292. The van der Waals surface area contributed by atoms with Gasteiger partial charge in [0.25, 0.3) is 5.56 Å². The van der Waals surface area contributed by atoms with Crippen molar-refractivity contribution in [1.29, 1.82) is 0 Å². The summed E-state index contributed by atoms with van der Waals surface area (Å²) in [5.74, 6) is -0.825. The maximum atomic E-state index is 13.5. The van der Waals surface area contributed by atoms with Crippen molar-refractivity contribution in [2.45, 2.75) is 26.8 Å². The van der Waals surface area contributed by atoms with Gasteiger partial charge >= 0.3 is 5.69 Å². The first-order valence-corrected chi connectivity index (χ1v) is 12.9. The van der Waals surface area contributed by atoms with Crippen molar-refractivity contribution in [1.82, 2.24) is 9.55 Å². The topological polar surface area (TPSA) is 139 Å². The number of carbonyl (C=O) groups is 1. The van der Waals surface area contributed by atoms with Gasteiger partial charge in [-0.2, -0.15) is 0 Å². The van der Waals surface area contributed by atoms with Gasteiger partial charge in [0, 0.05) is 6.54 Å². The number of nitrogens with zero attached hydrogens (tertiary/aromatic N) is 3. The second kappa shape index (κ2) is 10.6. The lowest BCUT2D eigenvalue weighted by atomic mass is 10.2. The zero-order chi connectivity index (χ0) is 25.8. The molecule has 0 bridgehead atoms. The van der Waals surface area contributed by atoms with Gasteiger partial charge in [-0.15, -0.1) is 0 Å². The fourth-order valence-electron chi connectivity index (χ4n) is 3.78. The van der Waals surface area contributed by atoms with Crippen molar-refractivity contribution in [3.63, 3.8) is 0 Å². The molecule has 3 aromatic rings. The molecule has 0 saturated heterocycles. The van der Waals surface area contributed by atoms with Crippen LogP contribution in [-0.4, -0.2) is 43.2 Å². The smallest absolute Gasteiger partial charge is 0.330 e. The fourth-order valence-corrected chi connectivity index (χ4v) is 4.69. The van der Waals surface area contributed by atoms with Crippen LogP contribution in [0.25, 0.3) is 0 Å². The van der Waals surface area contributed by atoms with E-state index >= 15 is 0 Å². The normalized spacial score (nSPS) is 11.3. The first-order chi connectivity index (χ1) is 16.5. The molecule has 0 aliphatic carbocycles. The van der Waals surface area contributed by atoms with Gasteiger partial charge < -0.3 is 10.6 Å². The van der Waals surface area contributed by atoms with Gasteiger partial charge in [-0.3, -0.25) is 23.4 Å². The van der Waals surface area contributed by atoms with Crippen LogP contribution in [0.1, 0.15) is 24.5 Å². The maximum Gasteiger partial charge on any atom is 0.330 e. The first-order valence-electron chi connectivity index (χ1n) is 11.0. The molecular weight excluding hydrogens is 470 g/mol. The number of nitrogen functional groups attached to an aromatic ring is 1. The number of nitrogens with one attached hydrogen (secondary N) is 1. The predicted octanol–water partition coefficient (Wildman–Crippen LogP) is 1.68. The van der Waals surface area contributed by atoms with E-state index in [2.05, 4.69) is 4.98 Å². The second-order valence-corrected chi connectivity index (χ2v) is 10.1. The van der Waals surface area contributed by atoms with E-state index in [9.17, 15) is 22.8 Å². The number of hydrogen-bond acceptors (Lipinski definition) is 6. The molecular formula is C24H29N5O5S. The number of benzene rings is 2. The number of para-hydroxylation sites is 1. The Labute approximate surface area is 203 Å². The number of H-pyrrole nitrogens is 1. The van der Waals surface area contributed by atoms with Gasteiger partial charge in [0.05, 0.1) is 18.5 Å². The van der Waals surface area contributed by atoms with Gasteiger partial charge in [-0.05, 0) is 30.5 Å². The van der Waals surface area contributed by atoms with Crippen LogP contribution in [0.2, 0.25) is 0 Å². The SMILES string of the molecule is CCCN(C(=O)CN(c1ccccc1C)S(C)(=O)=O)c1c(N)n(Cc2ccccc2)c(=O)[nH]c1=O.